The monoisotopic (exact) mass is 333 g/mol. The molecule has 0 atom stereocenters. The van der Waals surface area contributed by atoms with Gasteiger partial charge in [-0.05, 0) is 35.4 Å². The van der Waals surface area contributed by atoms with Crippen LogP contribution < -0.4 is 10.9 Å². The zero-order valence-electron chi connectivity index (χ0n) is 11.4. The highest BCUT2D eigenvalue weighted by Gasteiger charge is 1.92. The van der Waals surface area contributed by atoms with Crippen LogP contribution in [0.25, 0.3) is 0 Å². The van der Waals surface area contributed by atoms with E-state index in [1.165, 1.54) is 0 Å². The average Bonchev–Trinajstić information content (AvgIpc) is 2.49. The average molecular weight is 334 g/mol. The van der Waals surface area contributed by atoms with Crippen LogP contribution in [0.15, 0.2) is 58.7 Å². The highest BCUT2D eigenvalue weighted by atomic mass is 35.5. The van der Waals surface area contributed by atoms with Crippen LogP contribution in [0.3, 0.4) is 0 Å². The molecular formula is C15H13Cl2N5. The number of halogens is 2. The van der Waals surface area contributed by atoms with Gasteiger partial charge in [0.15, 0.2) is 0 Å². The maximum Gasteiger partial charge on any atom is 0.230 e. The molecule has 0 saturated heterocycles. The number of benzene rings is 2. The lowest BCUT2D eigenvalue weighted by atomic mass is 10.2. The van der Waals surface area contributed by atoms with Gasteiger partial charge >= 0.3 is 0 Å². The van der Waals surface area contributed by atoms with Gasteiger partial charge in [-0.1, -0.05) is 47.5 Å². The van der Waals surface area contributed by atoms with E-state index in [9.17, 15) is 0 Å². The van der Waals surface area contributed by atoms with Crippen molar-refractivity contribution in [1.29, 1.82) is 5.41 Å². The van der Waals surface area contributed by atoms with E-state index in [2.05, 4.69) is 21.1 Å². The van der Waals surface area contributed by atoms with E-state index in [1.54, 1.807) is 36.7 Å². The highest BCUT2D eigenvalue weighted by molar-refractivity contribution is 6.31. The Balaban J connectivity index is 1.79. The standard InChI is InChI=1S/C15H13Cl2N5/c16-13-6-4-11(5-7-13)9-19-21-15(18)22-20-10-12-2-1-3-14(17)8-12/h1-10H,(H3,18,21,22)/b19-9+,20-10+. The molecule has 0 aromatic heterocycles. The van der Waals surface area contributed by atoms with Crippen LogP contribution in [0.2, 0.25) is 10.0 Å². The van der Waals surface area contributed by atoms with E-state index in [4.69, 9.17) is 28.6 Å². The fourth-order valence-electron chi connectivity index (χ4n) is 1.50. The van der Waals surface area contributed by atoms with Gasteiger partial charge in [0.25, 0.3) is 0 Å². The Morgan fingerprint density at radius 3 is 2.14 bits per heavy atom. The molecule has 22 heavy (non-hydrogen) atoms. The number of rotatable bonds is 4. The molecule has 0 aliphatic rings. The Morgan fingerprint density at radius 2 is 1.50 bits per heavy atom. The lowest BCUT2D eigenvalue weighted by Crippen LogP contribution is -2.29. The first kappa shape index (κ1) is 16.0. The van der Waals surface area contributed by atoms with E-state index in [1.807, 2.05) is 24.3 Å². The Kier molecular flexibility index (Phi) is 5.94. The molecule has 0 spiro atoms. The number of nitrogens with one attached hydrogen (secondary N) is 3. The van der Waals surface area contributed by atoms with Gasteiger partial charge < -0.3 is 0 Å². The summed E-state index contributed by atoms with van der Waals surface area (Å²) in [5.74, 6) is -0.0523. The first-order valence-corrected chi connectivity index (χ1v) is 7.07. The predicted molar refractivity (Wildman–Crippen MR) is 92.1 cm³/mol. The number of nitrogens with zero attached hydrogens (tertiary/aromatic N) is 2. The molecule has 5 nitrogen and oxygen atoms in total. The van der Waals surface area contributed by atoms with Crippen molar-refractivity contribution >= 4 is 41.6 Å². The van der Waals surface area contributed by atoms with Gasteiger partial charge in [-0.15, -0.1) is 0 Å². The molecule has 112 valence electrons. The summed E-state index contributed by atoms with van der Waals surface area (Å²) in [6.45, 7) is 0. The molecule has 0 fully saturated rings. The maximum absolute atomic E-state index is 7.60. The Hall–Kier alpha value is -2.37. The van der Waals surface area contributed by atoms with E-state index in [0.29, 0.717) is 10.0 Å². The van der Waals surface area contributed by atoms with Crippen molar-refractivity contribution in [2.75, 3.05) is 0 Å². The second kappa shape index (κ2) is 8.17. The van der Waals surface area contributed by atoms with Gasteiger partial charge in [-0.2, -0.15) is 10.2 Å². The zero-order valence-corrected chi connectivity index (χ0v) is 12.9. The Bertz CT molecular complexity index is 695. The predicted octanol–water partition coefficient (Wildman–Crippen LogP) is 3.48. The minimum Gasteiger partial charge on any atom is -0.266 e. The summed E-state index contributed by atoms with van der Waals surface area (Å²) in [6.07, 6.45) is 3.14. The molecule has 2 aromatic rings. The summed E-state index contributed by atoms with van der Waals surface area (Å²) in [7, 11) is 0. The van der Waals surface area contributed by atoms with Crippen LogP contribution in [-0.4, -0.2) is 18.4 Å². The highest BCUT2D eigenvalue weighted by Crippen LogP contribution is 2.08. The van der Waals surface area contributed by atoms with Crippen LogP contribution in [-0.2, 0) is 0 Å². The molecule has 0 radical (unpaired) electrons. The second-order valence-corrected chi connectivity index (χ2v) is 5.09. The molecule has 0 unspecified atom stereocenters. The van der Waals surface area contributed by atoms with Gasteiger partial charge in [0.2, 0.25) is 5.96 Å². The van der Waals surface area contributed by atoms with E-state index >= 15 is 0 Å². The quantitative estimate of drug-likeness (QED) is 0.455. The molecule has 0 heterocycles. The van der Waals surface area contributed by atoms with Crippen molar-refractivity contribution < 1.29 is 0 Å². The third-order valence-corrected chi connectivity index (χ3v) is 2.99. The zero-order chi connectivity index (χ0) is 15.8. The maximum atomic E-state index is 7.60. The minimum atomic E-state index is -0.0523. The minimum absolute atomic E-state index is 0.0523. The third kappa shape index (κ3) is 5.55. The van der Waals surface area contributed by atoms with Crippen LogP contribution in [0.4, 0.5) is 0 Å². The third-order valence-electron chi connectivity index (χ3n) is 2.50. The molecular weight excluding hydrogens is 321 g/mol. The van der Waals surface area contributed by atoms with E-state index < -0.39 is 0 Å². The van der Waals surface area contributed by atoms with Gasteiger partial charge in [-0.3, -0.25) is 5.41 Å². The molecule has 0 aliphatic carbocycles. The normalized spacial score (nSPS) is 11.0. The first-order valence-electron chi connectivity index (χ1n) is 6.31. The number of hydrogen-bond donors (Lipinski definition) is 3. The summed E-state index contributed by atoms with van der Waals surface area (Å²) < 4.78 is 0. The van der Waals surface area contributed by atoms with Crippen LogP contribution in [0.1, 0.15) is 11.1 Å². The summed E-state index contributed by atoms with van der Waals surface area (Å²) in [4.78, 5) is 0. The SMILES string of the molecule is N=C(N/N=C/c1ccc(Cl)cc1)N/N=C/c1cccc(Cl)c1. The first-order chi connectivity index (χ1) is 10.6. The van der Waals surface area contributed by atoms with Crippen LogP contribution >= 0.6 is 23.2 Å². The fourth-order valence-corrected chi connectivity index (χ4v) is 1.83. The second-order valence-electron chi connectivity index (χ2n) is 4.22. The Labute approximate surface area is 138 Å². The molecule has 3 N–H and O–H groups in total. The molecule has 2 aromatic carbocycles. The number of guanidine groups is 1. The molecule has 0 amide bonds. The lowest BCUT2D eigenvalue weighted by Gasteiger charge is -2.01. The van der Waals surface area contributed by atoms with Crippen LogP contribution in [0.5, 0.6) is 0 Å². The summed E-state index contributed by atoms with van der Waals surface area (Å²) in [6, 6.07) is 14.4. The van der Waals surface area contributed by atoms with Gasteiger partial charge in [0, 0.05) is 10.0 Å². The van der Waals surface area contributed by atoms with Crippen molar-refractivity contribution in [2.24, 2.45) is 10.2 Å². The van der Waals surface area contributed by atoms with Gasteiger partial charge in [-0.25, -0.2) is 10.9 Å². The van der Waals surface area contributed by atoms with Crippen molar-refractivity contribution in [3.05, 3.63) is 69.7 Å². The molecule has 7 heteroatoms. The van der Waals surface area contributed by atoms with Crippen molar-refractivity contribution in [3.63, 3.8) is 0 Å². The van der Waals surface area contributed by atoms with Crippen LogP contribution in [0, 0.1) is 5.41 Å². The fraction of sp³-hybridized carbons (Fsp3) is 0. The lowest BCUT2D eigenvalue weighted by molar-refractivity contribution is 0.893. The van der Waals surface area contributed by atoms with Crippen molar-refractivity contribution in [2.45, 2.75) is 0 Å². The van der Waals surface area contributed by atoms with Gasteiger partial charge in [0.1, 0.15) is 0 Å². The van der Waals surface area contributed by atoms with Crippen molar-refractivity contribution in [1.82, 2.24) is 10.9 Å². The summed E-state index contributed by atoms with van der Waals surface area (Å²) >= 11 is 11.6. The summed E-state index contributed by atoms with van der Waals surface area (Å²) in [5.41, 5.74) is 6.72. The molecule has 2 rings (SSSR count). The number of hydrazone groups is 2. The summed E-state index contributed by atoms with van der Waals surface area (Å²) in [5, 5.41) is 16.7. The topological polar surface area (TPSA) is 72.6 Å². The van der Waals surface area contributed by atoms with E-state index in [0.717, 1.165) is 11.1 Å². The molecule has 0 aliphatic heterocycles. The smallest absolute Gasteiger partial charge is 0.230 e. The number of hydrogen-bond acceptors (Lipinski definition) is 3. The Morgan fingerprint density at radius 1 is 0.864 bits per heavy atom. The van der Waals surface area contributed by atoms with E-state index in [-0.39, 0.29) is 5.96 Å². The molecule has 0 bridgehead atoms. The molecule has 0 saturated carbocycles. The van der Waals surface area contributed by atoms with Gasteiger partial charge in [0.05, 0.1) is 12.4 Å². The largest absolute Gasteiger partial charge is 0.266 e. The van der Waals surface area contributed by atoms with Crippen molar-refractivity contribution in [3.8, 4) is 0 Å².